The van der Waals surface area contributed by atoms with Crippen molar-refractivity contribution in [2.24, 2.45) is 17.3 Å². The number of rotatable bonds is 4. The van der Waals surface area contributed by atoms with Gasteiger partial charge in [0.05, 0.1) is 41.4 Å². The Hall–Kier alpha value is -2.16. The second-order valence-electron chi connectivity index (χ2n) is 11.5. The van der Waals surface area contributed by atoms with Gasteiger partial charge in [-0.05, 0) is 50.3 Å². The van der Waals surface area contributed by atoms with Gasteiger partial charge in [-0.3, -0.25) is 14.6 Å². The number of ketones is 1. The van der Waals surface area contributed by atoms with Gasteiger partial charge in [0.1, 0.15) is 11.6 Å². The Kier molecular flexibility index (Phi) is 9.64. The largest absolute Gasteiger partial charge is 0.455 e. The van der Waals surface area contributed by atoms with E-state index in [4.69, 9.17) is 9.47 Å². The molecule has 0 unspecified atom stereocenters. The van der Waals surface area contributed by atoms with Gasteiger partial charge >= 0.3 is 5.97 Å². The van der Waals surface area contributed by atoms with Crippen molar-refractivity contribution in [2.75, 3.05) is 0 Å². The minimum absolute atomic E-state index is 0.126. The normalized spacial score (nSPS) is 35.9. The van der Waals surface area contributed by atoms with Crippen LogP contribution in [0, 0.1) is 17.3 Å². The summed E-state index contributed by atoms with van der Waals surface area (Å²) in [6, 6.07) is 5.10. The van der Waals surface area contributed by atoms with Crippen molar-refractivity contribution < 1.29 is 33.7 Å². The lowest BCUT2D eigenvalue weighted by atomic mass is 9.71. The summed E-state index contributed by atoms with van der Waals surface area (Å²) in [6.07, 6.45) is 2.10. The fraction of sp³-hybridized carbons (Fsp3) is 0.690. The molecule has 8 heteroatoms. The first kappa shape index (κ1) is 29.4. The minimum Gasteiger partial charge on any atom is -0.455 e. The zero-order valence-electron chi connectivity index (χ0n) is 22.7. The highest BCUT2D eigenvalue weighted by Crippen LogP contribution is 2.45. The van der Waals surface area contributed by atoms with Crippen molar-refractivity contribution in [2.45, 2.75) is 110 Å². The Balaban J connectivity index is 1.88. The van der Waals surface area contributed by atoms with Crippen LogP contribution in [0.3, 0.4) is 0 Å². The smallest absolute Gasteiger partial charge is 0.309 e. The number of halogens is 1. The van der Waals surface area contributed by atoms with Crippen molar-refractivity contribution in [3.63, 3.8) is 0 Å². The monoisotopic (exact) mass is 519 g/mol. The number of aliphatic hydroxyl groups excluding tert-OH is 2. The van der Waals surface area contributed by atoms with Crippen molar-refractivity contribution in [3.8, 4) is 0 Å². The van der Waals surface area contributed by atoms with E-state index in [9.17, 15) is 19.8 Å². The first-order chi connectivity index (χ1) is 17.4. The number of pyridine rings is 1. The first-order valence-electron chi connectivity index (χ1n) is 13.4. The van der Waals surface area contributed by atoms with Crippen LogP contribution in [0.4, 0.5) is 4.39 Å². The van der Waals surface area contributed by atoms with Crippen molar-refractivity contribution in [1.29, 1.82) is 0 Å². The second kappa shape index (κ2) is 12.1. The van der Waals surface area contributed by atoms with Gasteiger partial charge in [0.2, 0.25) is 0 Å². The molecule has 2 aliphatic rings. The average Bonchev–Trinajstić information content (AvgIpc) is 3.49. The third kappa shape index (κ3) is 7.24. The molecular formula is C29H42FNO6. The number of esters is 1. The lowest BCUT2D eigenvalue weighted by Crippen LogP contribution is -2.46. The molecule has 0 spiro atoms. The third-order valence-electron chi connectivity index (χ3n) is 8.11. The van der Waals surface area contributed by atoms with Crippen molar-refractivity contribution in [3.05, 3.63) is 35.9 Å². The van der Waals surface area contributed by atoms with E-state index >= 15 is 4.39 Å². The van der Waals surface area contributed by atoms with E-state index in [2.05, 4.69) is 4.98 Å². The SMILES string of the molecule is CCC[C@H]1C(=O)C(C)(C)[C@@H](O)CC(=O)O[C@H](/C(F)=C/c2ccccn2)C[C@@H]2O[C@]2(C)CCC[C@H](C)[C@@H]1O. The molecule has 0 aromatic carbocycles. The summed E-state index contributed by atoms with van der Waals surface area (Å²) in [6.45, 7) is 9.00. The second-order valence-corrected chi connectivity index (χ2v) is 11.5. The van der Waals surface area contributed by atoms with E-state index in [-0.39, 0.29) is 24.2 Å². The number of aromatic nitrogens is 1. The summed E-state index contributed by atoms with van der Waals surface area (Å²) in [7, 11) is 0. The van der Waals surface area contributed by atoms with E-state index in [0.29, 0.717) is 31.4 Å². The summed E-state index contributed by atoms with van der Waals surface area (Å²) in [4.78, 5) is 30.5. The Morgan fingerprint density at radius 1 is 1.24 bits per heavy atom. The van der Waals surface area contributed by atoms with Gasteiger partial charge in [-0.1, -0.05) is 46.6 Å². The van der Waals surface area contributed by atoms with Crippen molar-refractivity contribution >= 4 is 17.8 Å². The highest BCUT2D eigenvalue weighted by molar-refractivity contribution is 5.88. The van der Waals surface area contributed by atoms with E-state index in [1.54, 1.807) is 38.2 Å². The highest BCUT2D eigenvalue weighted by Gasteiger charge is 2.53. The first-order valence-corrected chi connectivity index (χ1v) is 13.4. The molecule has 0 aliphatic carbocycles. The molecule has 2 N–H and O–H groups in total. The highest BCUT2D eigenvalue weighted by atomic mass is 19.1. The Morgan fingerprint density at radius 3 is 2.62 bits per heavy atom. The molecule has 2 fully saturated rings. The van der Waals surface area contributed by atoms with Gasteiger partial charge < -0.3 is 19.7 Å². The summed E-state index contributed by atoms with van der Waals surface area (Å²) in [5.74, 6) is -2.52. The van der Waals surface area contributed by atoms with Crippen LogP contribution in [-0.4, -0.2) is 57.0 Å². The number of hydrogen-bond acceptors (Lipinski definition) is 7. The molecule has 7 atom stereocenters. The maximum absolute atomic E-state index is 15.3. The fourth-order valence-electron chi connectivity index (χ4n) is 5.29. The Bertz CT molecular complexity index is 966. The predicted octanol–water partition coefficient (Wildman–Crippen LogP) is 4.79. The molecule has 2 aliphatic heterocycles. The summed E-state index contributed by atoms with van der Waals surface area (Å²) in [5, 5.41) is 22.0. The summed E-state index contributed by atoms with van der Waals surface area (Å²) in [5.41, 5.74) is -1.38. The van der Waals surface area contributed by atoms with Gasteiger partial charge in [0, 0.05) is 18.5 Å². The fourth-order valence-corrected chi connectivity index (χ4v) is 5.29. The van der Waals surface area contributed by atoms with E-state index in [1.165, 1.54) is 6.08 Å². The van der Waals surface area contributed by atoms with Crippen LogP contribution >= 0.6 is 0 Å². The standard InChI is InChI=1S/C29H42FNO6/c1-6-10-20-26(34)18(2)11-9-13-29(5)24(37-29)16-22(21(30)15-19-12-7-8-14-31-19)36-25(33)17-23(32)28(3,4)27(20)35/h7-8,12,14-15,18,20,22-24,26,32,34H,6,9-11,13,16-17H2,1-5H3/b21-15-/t18-,20+,22-,23-,24-,26-,29+/m0/s1. The number of hydrogen-bond donors (Lipinski definition) is 2. The minimum atomic E-state index is -1.35. The molecule has 37 heavy (non-hydrogen) atoms. The summed E-state index contributed by atoms with van der Waals surface area (Å²) >= 11 is 0. The van der Waals surface area contributed by atoms with Crippen LogP contribution in [0.25, 0.3) is 6.08 Å². The number of cyclic esters (lactones) is 1. The van der Waals surface area contributed by atoms with Gasteiger partial charge in [-0.2, -0.15) is 0 Å². The number of carbonyl (C=O) groups excluding carboxylic acids is 2. The lowest BCUT2D eigenvalue weighted by Gasteiger charge is -2.36. The van der Waals surface area contributed by atoms with E-state index in [0.717, 1.165) is 6.42 Å². The molecule has 3 heterocycles. The molecule has 7 nitrogen and oxygen atoms in total. The predicted molar refractivity (Wildman–Crippen MR) is 138 cm³/mol. The van der Waals surface area contributed by atoms with Gasteiger partial charge in [-0.15, -0.1) is 0 Å². The molecule has 0 radical (unpaired) electrons. The van der Waals surface area contributed by atoms with Crippen LogP contribution in [0.2, 0.25) is 0 Å². The molecule has 1 aromatic rings. The number of Topliss-reactive ketones (excluding diaryl/α,β-unsaturated/α-hetero) is 1. The molecule has 0 bridgehead atoms. The molecule has 3 rings (SSSR count). The number of fused-ring (bicyclic) bond motifs is 1. The van der Waals surface area contributed by atoms with Crippen LogP contribution in [-0.2, 0) is 19.1 Å². The van der Waals surface area contributed by atoms with Gasteiger partial charge in [0.15, 0.2) is 6.10 Å². The Morgan fingerprint density at radius 2 is 1.97 bits per heavy atom. The van der Waals surface area contributed by atoms with Gasteiger partial charge in [-0.25, -0.2) is 4.39 Å². The lowest BCUT2D eigenvalue weighted by molar-refractivity contribution is -0.155. The number of ether oxygens (including phenoxy) is 2. The molecule has 2 saturated heterocycles. The molecule has 0 saturated carbocycles. The number of carbonyl (C=O) groups is 2. The van der Waals surface area contributed by atoms with Gasteiger partial charge in [0.25, 0.3) is 0 Å². The van der Waals surface area contributed by atoms with Crippen LogP contribution in [0.5, 0.6) is 0 Å². The van der Waals surface area contributed by atoms with Crippen molar-refractivity contribution in [1.82, 2.24) is 4.98 Å². The zero-order valence-corrected chi connectivity index (χ0v) is 22.7. The maximum Gasteiger partial charge on any atom is 0.309 e. The number of epoxide rings is 1. The molecule has 1 aromatic heterocycles. The number of aliphatic hydroxyl groups is 2. The quantitative estimate of drug-likeness (QED) is 0.435. The molecule has 0 amide bonds. The molecule has 206 valence electrons. The summed E-state index contributed by atoms with van der Waals surface area (Å²) < 4.78 is 26.8. The third-order valence-corrected chi connectivity index (χ3v) is 8.11. The van der Waals surface area contributed by atoms with E-state index in [1.807, 2.05) is 20.8 Å². The molecular weight excluding hydrogens is 477 g/mol. The maximum atomic E-state index is 15.3. The average molecular weight is 520 g/mol. The van der Waals surface area contributed by atoms with Crippen LogP contribution < -0.4 is 0 Å². The number of nitrogens with zero attached hydrogens (tertiary/aromatic N) is 1. The Labute approximate surface area is 219 Å². The van der Waals surface area contributed by atoms with E-state index < -0.39 is 53.5 Å². The van der Waals surface area contributed by atoms with Crippen LogP contribution in [0.1, 0.15) is 85.3 Å². The topological polar surface area (TPSA) is 109 Å². The van der Waals surface area contributed by atoms with Crippen LogP contribution in [0.15, 0.2) is 30.2 Å². The zero-order chi connectivity index (χ0) is 27.4.